The summed E-state index contributed by atoms with van der Waals surface area (Å²) in [6, 6.07) is 10.0. The minimum Gasteiger partial charge on any atom is -0.445 e. The normalized spacial score (nSPS) is 22.0. The van der Waals surface area contributed by atoms with Crippen LogP contribution in [0.2, 0.25) is 18.1 Å². The van der Waals surface area contributed by atoms with Crippen molar-refractivity contribution in [2.24, 2.45) is 5.41 Å². The number of hydrogen-bond donors (Lipinski definition) is 0. The number of piperidine rings is 1. The highest BCUT2D eigenvalue weighted by atomic mass is 28.4. The standard InChI is InChI=1S/C22H35NO3Si/c1-21(2,3)27(4,5)26-16-19-11-12-22(13-14-22)17-23(19)20(24)25-15-18-9-7-6-8-10-18/h6-10,19H,11-17H2,1-5H3/t19-/m0/s1. The van der Waals surface area contributed by atoms with Gasteiger partial charge in [0.05, 0.1) is 12.6 Å². The average Bonchev–Trinajstić information content (AvgIpc) is 3.37. The summed E-state index contributed by atoms with van der Waals surface area (Å²) in [5.41, 5.74) is 1.39. The minimum absolute atomic E-state index is 0.133. The Morgan fingerprint density at radius 1 is 1.19 bits per heavy atom. The van der Waals surface area contributed by atoms with Gasteiger partial charge in [-0.05, 0) is 54.8 Å². The van der Waals surface area contributed by atoms with Crippen molar-refractivity contribution in [1.29, 1.82) is 0 Å². The Hall–Kier alpha value is -1.33. The SMILES string of the molecule is CC(C)(C)[Si](C)(C)OC[C@@H]1CCC2(CC2)CN1C(=O)OCc1ccccc1. The summed E-state index contributed by atoms with van der Waals surface area (Å²) in [6.45, 7) is 13.1. The first-order valence-corrected chi connectivity index (χ1v) is 13.1. The van der Waals surface area contributed by atoms with Crippen molar-refractivity contribution in [3.8, 4) is 0 Å². The minimum atomic E-state index is -1.82. The molecule has 1 amide bonds. The summed E-state index contributed by atoms with van der Waals surface area (Å²) in [4.78, 5) is 14.8. The van der Waals surface area contributed by atoms with Crippen LogP contribution in [0.5, 0.6) is 0 Å². The predicted octanol–water partition coefficient (Wildman–Crippen LogP) is 5.59. The third kappa shape index (κ3) is 4.94. The summed E-state index contributed by atoms with van der Waals surface area (Å²) >= 11 is 0. The van der Waals surface area contributed by atoms with E-state index in [0.29, 0.717) is 18.6 Å². The second kappa shape index (κ2) is 7.59. The molecular weight excluding hydrogens is 354 g/mol. The smallest absolute Gasteiger partial charge is 0.410 e. The van der Waals surface area contributed by atoms with E-state index in [1.807, 2.05) is 35.2 Å². The lowest BCUT2D eigenvalue weighted by molar-refractivity contribution is 0.0328. The molecule has 1 aromatic rings. The lowest BCUT2D eigenvalue weighted by Crippen LogP contribution is -2.52. The topological polar surface area (TPSA) is 38.8 Å². The molecule has 1 spiro atoms. The molecule has 150 valence electrons. The Morgan fingerprint density at radius 2 is 1.85 bits per heavy atom. The van der Waals surface area contributed by atoms with E-state index in [4.69, 9.17) is 9.16 Å². The van der Waals surface area contributed by atoms with Crippen LogP contribution in [-0.4, -0.2) is 38.5 Å². The highest BCUT2D eigenvalue weighted by molar-refractivity contribution is 6.74. The second-order valence-electron chi connectivity index (χ2n) is 9.93. The van der Waals surface area contributed by atoms with Crippen molar-refractivity contribution in [3.63, 3.8) is 0 Å². The van der Waals surface area contributed by atoms with E-state index < -0.39 is 8.32 Å². The quantitative estimate of drug-likeness (QED) is 0.616. The van der Waals surface area contributed by atoms with Crippen molar-refractivity contribution in [1.82, 2.24) is 4.90 Å². The van der Waals surface area contributed by atoms with Gasteiger partial charge in [0.15, 0.2) is 8.32 Å². The zero-order chi connectivity index (χ0) is 19.7. The predicted molar refractivity (Wildman–Crippen MR) is 111 cm³/mol. The van der Waals surface area contributed by atoms with Crippen LogP contribution >= 0.6 is 0 Å². The fraction of sp³-hybridized carbons (Fsp3) is 0.682. The molecular formula is C22H35NO3Si. The zero-order valence-corrected chi connectivity index (χ0v) is 18.6. The summed E-state index contributed by atoms with van der Waals surface area (Å²) in [5, 5.41) is 0.179. The summed E-state index contributed by atoms with van der Waals surface area (Å²) in [6.07, 6.45) is 4.53. The number of ether oxygens (including phenoxy) is 1. The number of carbonyl (C=O) groups excluding carboxylic acids is 1. The van der Waals surface area contributed by atoms with Gasteiger partial charge in [-0.1, -0.05) is 51.1 Å². The molecule has 27 heavy (non-hydrogen) atoms. The van der Waals surface area contributed by atoms with E-state index in [1.54, 1.807) is 0 Å². The summed E-state index contributed by atoms with van der Waals surface area (Å²) in [5.74, 6) is 0. The maximum Gasteiger partial charge on any atom is 0.410 e. The highest BCUT2D eigenvalue weighted by Crippen LogP contribution is 2.53. The first-order valence-electron chi connectivity index (χ1n) is 10.2. The molecule has 1 aromatic carbocycles. The van der Waals surface area contributed by atoms with Crippen molar-refractivity contribution in [2.45, 2.75) is 77.2 Å². The lowest BCUT2D eigenvalue weighted by atomic mass is 9.91. The number of likely N-dealkylation sites (tertiary alicyclic amines) is 1. The fourth-order valence-corrected chi connectivity index (χ4v) is 4.54. The van der Waals surface area contributed by atoms with Crippen LogP contribution in [0, 0.1) is 5.41 Å². The van der Waals surface area contributed by atoms with Gasteiger partial charge in [0.25, 0.3) is 0 Å². The molecule has 1 atom stereocenters. The van der Waals surface area contributed by atoms with E-state index in [0.717, 1.165) is 18.5 Å². The van der Waals surface area contributed by atoms with E-state index in [1.165, 1.54) is 19.3 Å². The molecule has 2 fully saturated rings. The summed E-state index contributed by atoms with van der Waals surface area (Å²) < 4.78 is 12.1. The van der Waals surface area contributed by atoms with Gasteiger partial charge in [-0.3, -0.25) is 0 Å². The van der Waals surface area contributed by atoms with Crippen LogP contribution in [0.4, 0.5) is 4.79 Å². The van der Waals surface area contributed by atoms with Crippen molar-refractivity contribution in [3.05, 3.63) is 35.9 Å². The number of hydrogen-bond acceptors (Lipinski definition) is 3. The molecule has 0 unspecified atom stereocenters. The van der Waals surface area contributed by atoms with Gasteiger partial charge >= 0.3 is 6.09 Å². The lowest BCUT2D eigenvalue weighted by Gasteiger charge is -2.42. The van der Waals surface area contributed by atoms with Crippen LogP contribution in [0.1, 0.15) is 52.0 Å². The number of benzene rings is 1. The van der Waals surface area contributed by atoms with Crippen LogP contribution in [0.3, 0.4) is 0 Å². The third-order valence-electron chi connectivity index (χ3n) is 6.79. The molecule has 0 bridgehead atoms. The number of rotatable bonds is 5. The van der Waals surface area contributed by atoms with E-state index in [9.17, 15) is 4.79 Å². The van der Waals surface area contributed by atoms with Crippen molar-refractivity contribution >= 4 is 14.4 Å². The Kier molecular flexibility index (Phi) is 5.73. The van der Waals surface area contributed by atoms with E-state index in [-0.39, 0.29) is 17.2 Å². The Morgan fingerprint density at radius 3 is 2.44 bits per heavy atom. The van der Waals surface area contributed by atoms with Crippen molar-refractivity contribution in [2.75, 3.05) is 13.2 Å². The molecule has 5 heteroatoms. The first kappa shape index (κ1) is 20.4. The molecule has 1 aliphatic carbocycles. The molecule has 2 aliphatic rings. The number of nitrogens with zero attached hydrogens (tertiary/aromatic N) is 1. The van der Waals surface area contributed by atoms with Crippen LogP contribution < -0.4 is 0 Å². The maximum absolute atomic E-state index is 12.9. The van der Waals surface area contributed by atoms with Gasteiger partial charge in [-0.15, -0.1) is 0 Å². The molecule has 0 N–H and O–H groups in total. The van der Waals surface area contributed by atoms with Crippen LogP contribution in [0.25, 0.3) is 0 Å². The van der Waals surface area contributed by atoms with Crippen LogP contribution in [-0.2, 0) is 15.8 Å². The summed E-state index contributed by atoms with van der Waals surface area (Å²) in [7, 11) is -1.82. The molecule has 0 radical (unpaired) electrons. The van der Waals surface area contributed by atoms with Gasteiger partial charge in [-0.2, -0.15) is 0 Å². The van der Waals surface area contributed by atoms with Gasteiger partial charge in [0, 0.05) is 6.54 Å². The molecule has 0 aromatic heterocycles. The number of carbonyl (C=O) groups is 1. The Bertz CT molecular complexity index is 649. The molecule has 1 heterocycles. The second-order valence-corrected chi connectivity index (χ2v) is 14.7. The van der Waals surface area contributed by atoms with Gasteiger partial charge < -0.3 is 14.1 Å². The fourth-order valence-electron chi connectivity index (χ4n) is 3.49. The van der Waals surface area contributed by atoms with E-state index in [2.05, 4.69) is 33.9 Å². The van der Waals surface area contributed by atoms with Crippen LogP contribution in [0.15, 0.2) is 30.3 Å². The van der Waals surface area contributed by atoms with Gasteiger partial charge in [0.1, 0.15) is 6.61 Å². The average molecular weight is 390 g/mol. The Labute approximate surface area is 165 Å². The molecule has 1 saturated carbocycles. The molecule has 4 nitrogen and oxygen atoms in total. The van der Waals surface area contributed by atoms with E-state index >= 15 is 0 Å². The monoisotopic (exact) mass is 389 g/mol. The van der Waals surface area contributed by atoms with Gasteiger partial charge in [0.2, 0.25) is 0 Å². The highest BCUT2D eigenvalue weighted by Gasteiger charge is 2.50. The maximum atomic E-state index is 12.9. The van der Waals surface area contributed by atoms with Crippen molar-refractivity contribution < 1.29 is 14.0 Å². The number of amides is 1. The van der Waals surface area contributed by atoms with Gasteiger partial charge in [-0.25, -0.2) is 4.79 Å². The zero-order valence-electron chi connectivity index (χ0n) is 17.6. The molecule has 1 saturated heterocycles. The molecule has 3 rings (SSSR count). The first-order chi connectivity index (χ1) is 12.6. The molecule has 1 aliphatic heterocycles. The Balaban J connectivity index is 1.62. The third-order valence-corrected chi connectivity index (χ3v) is 11.3. The largest absolute Gasteiger partial charge is 0.445 e.